The molecular weight excluding hydrogens is 354 g/mol. The number of nitrogens with one attached hydrogen (secondary N) is 2. The van der Waals surface area contributed by atoms with Crippen molar-refractivity contribution in [3.8, 4) is 0 Å². The molecule has 2 N–H and O–H groups in total. The summed E-state index contributed by atoms with van der Waals surface area (Å²) < 4.78 is 0. The van der Waals surface area contributed by atoms with Crippen LogP contribution in [-0.4, -0.2) is 44.7 Å². The molecule has 0 saturated carbocycles. The van der Waals surface area contributed by atoms with Gasteiger partial charge < -0.3 is 15.5 Å². The average Bonchev–Trinajstić information content (AvgIpc) is 2.74. The first-order chi connectivity index (χ1) is 14.2. The Morgan fingerprint density at radius 2 is 1.17 bits per heavy atom. The van der Waals surface area contributed by atoms with Crippen LogP contribution in [0.15, 0.2) is 12.3 Å². The van der Waals surface area contributed by atoms with Crippen molar-refractivity contribution in [2.24, 2.45) is 0 Å². The van der Waals surface area contributed by atoms with E-state index in [0.29, 0.717) is 0 Å². The maximum atomic E-state index is 4.19. The lowest BCUT2D eigenvalue weighted by Crippen LogP contribution is -2.32. The van der Waals surface area contributed by atoms with Crippen LogP contribution >= 0.6 is 0 Å². The van der Waals surface area contributed by atoms with Crippen molar-refractivity contribution in [3.63, 3.8) is 0 Å². The van der Waals surface area contributed by atoms with E-state index in [-0.39, 0.29) is 0 Å². The summed E-state index contributed by atoms with van der Waals surface area (Å²) in [5.74, 6) is 0. The monoisotopic (exact) mass is 411 g/mol. The third kappa shape index (κ3) is 25.4. The van der Waals surface area contributed by atoms with Crippen LogP contribution in [0.4, 0.5) is 0 Å². The molecule has 0 amide bonds. The zero-order valence-electron chi connectivity index (χ0n) is 21.1. The van der Waals surface area contributed by atoms with Crippen LogP contribution in [0.25, 0.3) is 0 Å². The molecule has 0 aromatic rings. The Morgan fingerprint density at radius 1 is 0.690 bits per heavy atom. The topological polar surface area (TPSA) is 27.3 Å². The molecule has 0 aliphatic heterocycles. The highest BCUT2D eigenvalue weighted by Gasteiger charge is 2.01. The van der Waals surface area contributed by atoms with Crippen LogP contribution < -0.4 is 10.6 Å². The Morgan fingerprint density at radius 3 is 1.62 bits per heavy atom. The van der Waals surface area contributed by atoms with Gasteiger partial charge in [-0.3, -0.25) is 0 Å². The number of hydrogen-bond acceptors (Lipinski definition) is 3. The van der Waals surface area contributed by atoms with Crippen molar-refractivity contribution in [1.82, 2.24) is 15.5 Å². The number of hydrogen-bond donors (Lipinski definition) is 2. The van der Waals surface area contributed by atoms with Crippen molar-refractivity contribution < 1.29 is 0 Å². The van der Waals surface area contributed by atoms with Crippen LogP contribution in [0.1, 0.15) is 118 Å². The third-order valence-corrected chi connectivity index (χ3v) is 5.45. The zero-order valence-corrected chi connectivity index (χ0v) is 21.1. The highest BCUT2D eigenvalue weighted by atomic mass is 15.1. The fraction of sp³-hybridized carbons (Fsp3) is 0.923. The molecule has 0 bridgehead atoms. The summed E-state index contributed by atoms with van der Waals surface area (Å²) >= 11 is 0. The zero-order chi connectivity index (χ0) is 22.0. The summed E-state index contributed by atoms with van der Waals surface area (Å²) in [5, 5.41) is 6.74. The summed E-state index contributed by atoms with van der Waals surface area (Å²) in [6.07, 6.45) is 19.2. The molecule has 29 heavy (non-hydrogen) atoms. The van der Waals surface area contributed by atoms with Gasteiger partial charge in [0.1, 0.15) is 0 Å². The maximum absolute atomic E-state index is 4.19. The maximum Gasteiger partial charge on any atom is 0.0271 e. The normalized spacial score (nSPS) is 10.7. The van der Waals surface area contributed by atoms with Gasteiger partial charge in [0.2, 0.25) is 0 Å². The summed E-state index contributed by atoms with van der Waals surface area (Å²) in [6.45, 7) is 18.4. The molecule has 0 atom stereocenters. The standard InChI is InChI=1S/C24H51N3.C2H6/c1-5-22-27(6-2)23-21-26-24(3)19-17-15-13-11-9-7-8-10-12-14-16-18-20-25-4;1-2/h25-26H,3,5-23H2,1-2,4H3;1-2H3. The quantitative estimate of drug-likeness (QED) is 0.185. The molecule has 0 spiro atoms. The first kappa shape index (κ1) is 30.7. The van der Waals surface area contributed by atoms with E-state index < -0.39 is 0 Å². The minimum Gasteiger partial charge on any atom is -0.388 e. The van der Waals surface area contributed by atoms with Gasteiger partial charge in [0, 0.05) is 18.8 Å². The van der Waals surface area contributed by atoms with Gasteiger partial charge in [-0.25, -0.2) is 0 Å². The van der Waals surface area contributed by atoms with E-state index in [1.807, 2.05) is 20.9 Å². The van der Waals surface area contributed by atoms with Gasteiger partial charge >= 0.3 is 0 Å². The minimum absolute atomic E-state index is 1.04. The molecule has 0 aromatic heterocycles. The highest BCUT2D eigenvalue weighted by molar-refractivity contribution is 4.90. The van der Waals surface area contributed by atoms with Gasteiger partial charge in [0.15, 0.2) is 0 Å². The van der Waals surface area contributed by atoms with Crippen molar-refractivity contribution in [2.75, 3.05) is 39.8 Å². The molecule has 176 valence electrons. The summed E-state index contributed by atoms with van der Waals surface area (Å²) in [5.41, 5.74) is 1.23. The number of nitrogens with zero attached hydrogens (tertiary/aromatic N) is 1. The highest BCUT2D eigenvalue weighted by Crippen LogP contribution is 2.13. The van der Waals surface area contributed by atoms with Crippen LogP contribution in [0.2, 0.25) is 0 Å². The lowest BCUT2D eigenvalue weighted by atomic mass is 10.0. The molecule has 0 aromatic carbocycles. The Kier molecular flexibility index (Phi) is 29.0. The SMILES string of the molecule is C=C(CCCCCCCCCCCCCCNC)NCCN(CC)CCC.CC. The van der Waals surface area contributed by atoms with Gasteiger partial charge in [-0.15, -0.1) is 0 Å². The number of allylic oxidation sites excluding steroid dienone is 1. The molecule has 3 heteroatoms. The second-order valence-corrected chi connectivity index (χ2v) is 8.06. The van der Waals surface area contributed by atoms with Crippen LogP contribution in [0, 0.1) is 0 Å². The fourth-order valence-corrected chi connectivity index (χ4v) is 3.63. The van der Waals surface area contributed by atoms with E-state index in [4.69, 9.17) is 0 Å². The lowest BCUT2D eigenvalue weighted by Gasteiger charge is -2.20. The van der Waals surface area contributed by atoms with Gasteiger partial charge in [-0.1, -0.05) is 98.5 Å². The smallest absolute Gasteiger partial charge is 0.0271 e. The molecule has 0 aliphatic carbocycles. The average molecular weight is 412 g/mol. The van der Waals surface area contributed by atoms with E-state index in [1.54, 1.807) is 0 Å². The molecule has 0 unspecified atom stereocenters. The van der Waals surface area contributed by atoms with E-state index >= 15 is 0 Å². The van der Waals surface area contributed by atoms with Crippen LogP contribution in [0.3, 0.4) is 0 Å². The van der Waals surface area contributed by atoms with Crippen molar-refractivity contribution in [3.05, 3.63) is 12.3 Å². The molecule has 0 fully saturated rings. The largest absolute Gasteiger partial charge is 0.388 e. The second-order valence-electron chi connectivity index (χ2n) is 8.06. The van der Waals surface area contributed by atoms with E-state index in [1.165, 1.54) is 102 Å². The Hall–Kier alpha value is -0.540. The molecule has 0 heterocycles. The molecular formula is C26H57N3. The minimum atomic E-state index is 1.04. The van der Waals surface area contributed by atoms with Gasteiger partial charge in [0.05, 0.1) is 0 Å². The fourth-order valence-electron chi connectivity index (χ4n) is 3.63. The molecule has 3 nitrogen and oxygen atoms in total. The van der Waals surface area contributed by atoms with Crippen molar-refractivity contribution in [2.45, 2.75) is 118 Å². The first-order valence-electron chi connectivity index (χ1n) is 13.0. The summed E-state index contributed by atoms with van der Waals surface area (Å²) in [6, 6.07) is 0. The molecule has 0 saturated heterocycles. The lowest BCUT2D eigenvalue weighted by molar-refractivity contribution is 0.290. The Balaban J connectivity index is 0. The number of likely N-dealkylation sites (N-methyl/N-ethyl adjacent to an activating group) is 1. The van der Waals surface area contributed by atoms with Gasteiger partial charge in [-0.2, -0.15) is 0 Å². The third-order valence-electron chi connectivity index (χ3n) is 5.45. The van der Waals surface area contributed by atoms with E-state index in [9.17, 15) is 0 Å². The Bertz CT molecular complexity index is 304. The summed E-state index contributed by atoms with van der Waals surface area (Å²) in [4.78, 5) is 2.50. The second kappa shape index (κ2) is 27.5. The van der Waals surface area contributed by atoms with Crippen molar-refractivity contribution >= 4 is 0 Å². The first-order valence-corrected chi connectivity index (χ1v) is 13.0. The number of rotatable bonds is 22. The Labute approximate surface area is 185 Å². The summed E-state index contributed by atoms with van der Waals surface area (Å²) in [7, 11) is 2.04. The van der Waals surface area contributed by atoms with E-state index in [2.05, 4.69) is 36.0 Å². The predicted octanol–water partition coefficient (Wildman–Crippen LogP) is 7.14. The molecule has 0 aliphatic rings. The van der Waals surface area contributed by atoms with Crippen molar-refractivity contribution in [1.29, 1.82) is 0 Å². The van der Waals surface area contributed by atoms with E-state index in [0.717, 1.165) is 26.1 Å². The number of unbranched alkanes of at least 4 members (excludes halogenated alkanes) is 11. The van der Waals surface area contributed by atoms with Crippen LogP contribution in [0.5, 0.6) is 0 Å². The van der Waals surface area contributed by atoms with Crippen LogP contribution in [-0.2, 0) is 0 Å². The molecule has 0 rings (SSSR count). The van der Waals surface area contributed by atoms with Gasteiger partial charge in [0.25, 0.3) is 0 Å². The van der Waals surface area contributed by atoms with Gasteiger partial charge in [-0.05, 0) is 52.4 Å². The molecule has 0 radical (unpaired) electrons. The predicted molar refractivity (Wildman–Crippen MR) is 135 cm³/mol.